The predicted molar refractivity (Wildman–Crippen MR) is 73.2 cm³/mol. The number of aromatic carboxylic acids is 1. The molecular weight excluding hydrogens is 242 g/mol. The molecule has 0 radical (unpaired) electrons. The van der Waals surface area contributed by atoms with Gasteiger partial charge in [0.1, 0.15) is 5.76 Å². The molecule has 106 valence electrons. The Hall–Kier alpha value is -1.29. The second kappa shape index (κ2) is 5.78. The van der Waals surface area contributed by atoms with Crippen LogP contribution in [0.2, 0.25) is 0 Å². The monoisotopic (exact) mass is 265 g/mol. The lowest BCUT2D eigenvalue weighted by Gasteiger charge is -2.40. The van der Waals surface area contributed by atoms with E-state index >= 15 is 0 Å². The zero-order chi connectivity index (χ0) is 13.9. The summed E-state index contributed by atoms with van der Waals surface area (Å²) in [5.74, 6) is -0.220. The van der Waals surface area contributed by atoms with Crippen molar-refractivity contribution in [2.45, 2.75) is 46.1 Å². The van der Waals surface area contributed by atoms with Gasteiger partial charge in [0.15, 0.2) is 0 Å². The first-order valence-corrected chi connectivity index (χ1v) is 7.13. The van der Waals surface area contributed by atoms with Gasteiger partial charge in [-0.25, -0.2) is 4.79 Å². The molecule has 0 saturated carbocycles. The van der Waals surface area contributed by atoms with E-state index in [2.05, 4.69) is 18.7 Å². The Kier molecular flexibility index (Phi) is 4.30. The van der Waals surface area contributed by atoms with E-state index in [0.29, 0.717) is 5.41 Å². The molecule has 1 aliphatic heterocycles. The minimum absolute atomic E-state index is 0.0310. The summed E-state index contributed by atoms with van der Waals surface area (Å²) < 4.78 is 5.31. The molecule has 1 aliphatic rings. The van der Waals surface area contributed by atoms with Crippen molar-refractivity contribution in [1.82, 2.24) is 4.90 Å². The molecule has 1 aromatic heterocycles. The second-order valence-electron chi connectivity index (χ2n) is 5.55. The quantitative estimate of drug-likeness (QED) is 0.886. The molecule has 0 aliphatic carbocycles. The van der Waals surface area contributed by atoms with Crippen LogP contribution in [-0.2, 0) is 6.54 Å². The van der Waals surface area contributed by atoms with Crippen molar-refractivity contribution in [2.75, 3.05) is 13.1 Å². The molecule has 4 heteroatoms. The van der Waals surface area contributed by atoms with Crippen molar-refractivity contribution in [3.63, 3.8) is 0 Å². The van der Waals surface area contributed by atoms with E-state index in [4.69, 9.17) is 9.52 Å². The van der Waals surface area contributed by atoms with Crippen molar-refractivity contribution in [3.05, 3.63) is 23.7 Å². The number of carboxylic acid groups (broad SMARTS) is 1. The van der Waals surface area contributed by atoms with Crippen molar-refractivity contribution < 1.29 is 14.3 Å². The van der Waals surface area contributed by atoms with Crippen LogP contribution in [0.15, 0.2) is 16.5 Å². The van der Waals surface area contributed by atoms with Crippen LogP contribution < -0.4 is 0 Å². The number of rotatable bonds is 5. The van der Waals surface area contributed by atoms with Gasteiger partial charge in [-0.05, 0) is 43.5 Å². The molecule has 1 fully saturated rings. The minimum Gasteiger partial charge on any atom is -0.475 e. The lowest BCUT2D eigenvalue weighted by Crippen LogP contribution is -2.39. The number of nitrogens with zero attached hydrogens (tertiary/aromatic N) is 1. The van der Waals surface area contributed by atoms with Crippen LogP contribution in [0.3, 0.4) is 0 Å². The predicted octanol–water partition coefficient (Wildman–Crippen LogP) is 3.38. The van der Waals surface area contributed by atoms with Crippen LogP contribution in [0, 0.1) is 5.41 Å². The van der Waals surface area contributed by atoms with E-state index < -0.39 is 5.97 Å². The smallest absolute Gasteiger partial charge is 0.371 e. The fourth-order valence-corrected chi connectivity index (χ4v) is 2.94. The highest BCUT2D eigenvalue weighted by Crippen LogP contribution is 2.38. The summed E-state index contributed by atoms with van der Waals surface area (Å²) >= 11 is 0. The van der Waals surface area contributed by atoms with Gasteiger partial charge in [0.2, 0.25) is 5.76 Å². The molecular formula is C15H23NO3. The third-order valence-corrected chi connectivity index (χ3v) is 4.67. The molecule has 1 N–H and O–H groups in total. The average molecular weight is 265 g/mol. The Morgan fingerprint density at radius 3 is 2.42 bits per heavy atom. The number of carbonyl (C=O) groups is 1. The maximum absolute atomic E-state index is 10.8. The minimum atomic E-state index is -0.999. The summed E-state index contributed by atoms with van der Waals surface area (Å²) in [7, 11) is 0. The Bertz CT molecular complexity index is 424. The second-order valence-corrected chi connectivity index (χ2v) is 5.55. The van der Waals surface area contributed by atoms with Crippen molar-refractivity contribution >= 4 is 5.97 Å². The standard InChI is InChI=1S/C15H23NO3/c1-3-15(4-2)7-9-16(10-8-15)11-12-5-6-13(19-12)14(17)18/h5-6H,3-4,7-11H2,1-2H3,(H,17,18). The number of hydrogen-bond acceptors (Lipinski definition) is 3. The molecule has 2 heterocycles. The number of likely N-dealkylation sites (tertiary alicyclic amines) is 1. The van der Waals surface area contributed by atoms with E-state index in [1.54, 1.807) is 6.07 Å². The van der Waals surface area contributed by atoms with Gasteiger partial charge in [0.05, 0.1) is 6.54 Å². The highest BCUT2D eigenvalue weighted by Gasteiger charge is 2.31. The number of furan rings is 1. The summed E-state index contributed by atoms with van der Waals surface area (Å²) in [6.45, 7) is 7.43. The maximum atomic E-state index is 10.8. The lowest BCUT2D eigenvalue weighted by molar-refractivity contribution is 0.0650. The van der Waals surface area contributed by atoms with Crippen molar-refractivity contribution in [2.24, 2.45) is 5.41 Å². The highest BCUT2D eigenvalue weighted by atomic mass is 16.4. The Morgan fingerprint density at radius 1 is 1.32 bits per heavy atom. The van der Waals surface area contributed by atoms with Crippen LogP contribution in [0.4, 0.5) is 0 Å². The Balaban J connectivity index is 1.90. The third kappa shape index (κ3) is 3.18. The zero-order valence-electron chi connectivity index (χ0n) is 11.8. The van der Waals surface area contributed by atoms with Gasteiger partial charge in [0, 0.05) is 0 Å². The Labute approximate surface area is 114 Å². The van der Waals surface area contributed by atoms with Gasteiger partial charge >= 0.3 is 5.97 Å². The fourth-order valence-electron chi connectivity index (χ4n) is 2.94. The van der Waals surface area contributed by atoms with E-state index in [9.17, 15) is 4.79 Å². The molecule has 0 unspecified atom stereocenters. The Morgan fingerprint density at radius 2 is 1.95 bits per heavy atom. The lowest BCUT2D eigenvalue weighted by atomic mass is 9.74. The summed E-state index contributed by atoms with van der Waals surface area (Å²) in [6, 6.07) is 3.30. The molecule has 1 aromatic rings. The molecule has 4 nitrogen and oxygen atoms in total. The summed E-state index contributed by atoms with van der Waals surface area (Å²) in [5.41, 5.74) is 0.520. The summed E-state index contributed by atoms with van der Waals surface area (Å²) in [5, 5.41) is 8.83. The fraction of sp³-hybridized carbons (Fsp3) is 0.667. The maximum Gasteiger partial charge on any atom is 0.371 e. The molecule has 0 amide bonds. The van der Waals surface area contributed by atoms with Gasteiger partial charge in [-0.3, -0.25) is 4.90 Å². The van der Waals surface area contributed by atoms with Crippen molar-refractivity contribution in [3.8, 4) is 0 Å². The van der Waals surface area contributed by atoms with E-state index in [1.807, 2.05) is 0 Å². The normalized spacial score (nSPS) is 19.5. The molecule has 19 heavy (non-hydrogen) atoms. The van der Waals surface area contributed by atoms with Crippen LogP contribution in [0.5, 0.6) is 0 Å². The molecule has 2 rings (SSSR count). The van der Waals surface area contributed by atoms with E-state index in [1.165, 1.54) is 31.7 Å². The first-order chi connectivity index (χ1) is 9.08. The van der Waals surface area contributed by atoms with Gasteiger partial charge in [-0.2, -0.15) is 0 Å². The summed E-state index contributed by atoms with van der Waals surface area (Å²) in [4.78, 5) is 13.1. The summed E-state index contributed by atoms with van der Waals surface area (Å²) in [6.07, 6.45) is 4.96. The number of hydrogen-bond donors (Lipinski definition) is 1. The van der Waals surface area contributed by atoms with Gasteiger partial charge in [-0.1, -0.05) is 26.7 Å². The first-order valence-electron chi connectivity index (χ1n) is 7.13. The largest absolute Gasteiger partial charge is 0.475 e. The number of carboxylic acids is 1. The first kappa shape index (κ1) is 14.1. The topological polar surface area (TPSA) is 53.7 Å². The molecule has 0 bridgehead atoms. The van der Waals surface area contributed by atoms with Gasteiger partial charge in [-0.15, -0.1) is 0 Å². The molecule has 0 atom stereocenters. The van der Waals surface area contributed by atoms with Crippen molar-refractivity contribution in [1.29, 1.82) is 0 Å². The van der Waals surface area contributed by atoms with E-state index in [0.717, 1.165) is 25.4 Å². The van der Waals surface area contributed by atoms with Gasteiger partial charge < -0.3 is 9.52 Å². The SMILES string of the molecule is CCC1(CC)CCN(Cc2ccc(C(=O)O)o2)CC1. The van der Waals surface area contributed by atoms with Gasteiger partial charge in [0.25, 0.3) is 0 Å². The van der Waals surface area contributed by atoms with Crippen LogP contribution in [-0.4, -0.2) is 29.1 Å². The van der Waals surface area contributed by atoms with Crippen LogP contribution in [0.25, 0.3) is 0 Å². The third-order valence-electron chi connectivity index (χ3n) is 4.67. The molecule has 1 saturated heterocycles. The van der Waals surface area contributed by atoms with E-state index in [-0.39, 0.29) is 5.76 Å². The highest BCUT2D eigenvalue weighted by molar-refractivity contribution is 5.84. The van der Waals surface area contributed by atoms with Crippen LogP contribution in [0.1, 0.15) is 55.8 Å². The van der Waals surface area contributed by atoms with Crippen LogP contribution >= 0.6 is 0 Å². The average Bonchev–Trinajstić information content (AvgIpc) is 2.89. The zero-order valence-corrected chi connectivity index (χ0v) is 11.8. The number of piperidine rings is 1. The molecule has 0 spiro atoms. The molecule has 0 aromatic carbocycles.